The number of nitrogens with zero attached hydrogens (tertiary/aromatic N) is 1. The van der Waals surface area contributed by atoms with Gasteiger partial charge in [-0.3, -0.25) is 4.79 Å². The van der Waals surface area contributed by atoms with Gasteiger partial charge in [0.25, 0.3) is 0 Å². The van der Waals surface area contributed by atoms with E-state index in [4.69, 9.17) is 0 Å². The lowest BCUT2D eigenvalue weighted by atomic mass is 9.99. The van der Waals surface area contributed by atoms with Gasteiger partial charge in [0.2, 0.25) is 5.91 Å². The quantitative estimate of drug-likeness (QED) is 0.164. The van der Waals surface area contributed by atoms with Gasteiger partial charge >= 0.3 is 0 Å². The molecular formula is C29H57NO. The highest BCUT2D eigenvalue weighted by atomic mass is 16.2. The van der Waals surface area contributed by atoms with Gasteiger partial charge in [0.05, 0.1) is 0 Å². The molecule has 1 heterocycles. The van der Waals surface area contributed by atoms with Gasteiger partial charge in [-0.05, 0) is 32.1 Å². The number of piperidine rings is 1. The van der Waals surface area contributed by atoms with E-state index in [2.05, 4.69) is 18.7 Å². The highest BCUT2D eigenvalue weighted by Crippen LogP contribution is 2.21. The summed E-state index contributed by atoms with van der Waals surface area (Å²) in [6, 6.07) is 0.529. The van der Waals surface area contributed by atoms with Crippen LogP contribution in [0.3, 0.4) is 0 Å². The van der Waals surface area contributed by atoms with Crippen LogP contribution in [-0.4, -0.2) is 23.4 Å². The van der Waals surface area contributed by atoms with Crippen LogP contribution in [0, 0.1) is 0 Å². The van der Waals surface area contributed by atoms with Crippen LogP contribution in [0.5, 0.6) is 0 Å². The zero-order chi connectivity index (χ0) is 22.4. The first-order valence-corrected chi connectivity index (χ1v) is 14.6. The van der Waals surface area contributed by atoms with Crippen molar-refractivity contribution in [3.8, 4) is 0 Å². The maximum Gasteiger partial charge on any atom is 0.222 e. The molecule has 31 heavy (non-hydrogen) atoms. The first-order valence-electron chi connectivity index (χ1n) is 14.6. The first kappa shape index (κ1) is 28.5. The van der Waals surface area contributed by atoms with Gasteiger partial charge in [0.15, 0.2) is 0 Å². The molecule has 1 aliphatic rings. The zero-order valence-electron chi connectivity index (χ0n) is 21.6. The van der Waals surface area contributed by atoms with Crippen LogP contribution in [0.1, 0.15) is 168 Å². The maximum atomic E-state index is 12.5. The summed E-state index contributed by atoms with van der Waals surface area (Å²) in [5.74, 6) is 0.429. The van der Waals surface area contributed by atoms with Gasteiger partial charge in [-0.15, -0.1) is 0 Å². The Morgan fingerprint density at radius 2 is 1.03 bits per heavy atom. The number of unbranched alkanes of at least 4 members (excludes halogenated alkanes) is 18. The molecule has 2 nitrogen and oxygen atoms in total. The van der Waals surface area contributed by atoms with Crippen LogP contribution in [-0.2, 0) is 4.79 Å². The molecule has 0 aromatic rings. The zero-order valence-corrected chi connectivity index (χ0v) is 21.6. The van der Waals surface area contributed by atoms with Crippen LogP contribution in [0.4, 0.5) is 0 Å². The topological polar surface area (TPSA) is 20.3 Å². The molecule has 0 radical (unpaired) electrons. The summed E-state index contributed by atoms with van der Waals surface area (Å²) in [5.41, 5.74) is 0. The molecule has 0 aliphatic carbocycles. The Balaban J connectivity index is 1.76. The lowest BCUT2D eigenvalue weighted by molar-refractivity contribution is -0.135. The van der Waals surface area contributed by atoms with E-state index in [9.17, 15) is 4.79 Å². The Labute approximate surface area is 196 Å². The normalized spacial score (nSPS) is 16.7. The molecule has 1 unspecified atom stereocenters. The maximum absolute atomic E-state index is 12.5. The van der Waals surface area contributed by atoms with Gasteiger partial charge in [-0.1, -0.05) is 129 Å². The average molecular weight is 436 g/mol. The second-order valence-electron chi connectivity index (χ2n) is 10.3. The smallest absolute Gasteiger partial charge is 0.222 e. The average Bonchev–Trinajstić information content (AvgIpc) is 2.80. The highest BCUT2D eigenvalue weighted by molar-refractivity contribution is 5.76. The molecule has 1 saturated heterocycles. The summed E-state index contributed by atoms with van der Waals surface area (Å²) in [6.07, 6.45) is 32.3. The van der Waals surface area contributed by atoms with Gasteiger partial charge in [-0.2, -0.15) is 0 Å². The van der Waals surface area contributed by atoms with Crippen molar-refractivity contribution in [2.24, 2.45) is 0 Å². The number of likely N-dealkylation sites (tertiary alicyclic amines) is 1. The minimum absolute atomic E-state index is 0.429. The molecule has 1 rings (SSSR count). The molecule has 0 aromatic heterocycles. The SMILES string of the molecule is CCCCCCCCCCCCCCCCCCCCCC(=O)N1CCCCC1CC. The van der Waals surface area contributed by atoms with E-state index in [0.29, 0.717) is 11.9 Å². The van der Waals surface area contributed by atoms with Crippen molar-refractivity contribution in [2.45, 2.75) is 174 Å². The fraction of sp³-hybridized carbons (Fsp3) is 0.966. The van der Waals surface area contributed by atoms with Crippen LogP contribution >= 0.6 is 0 Å². The van der Waals surface area contributed by atoms with Crippen molar-refractivity contribution in [1.29, 1.82) is 0 Å². The van der Waals surface area contributed by atoms with Crippen molar-refractivity contribution in [3.05, 3.63) is 0 Å². The molecule has 0 N–H and O–H groups in total. The second kappa shape index (κ2) is 21.3. The molecule has 0 spiro atoms. The summed E-state index contributed by atoms with van der Waals surface area (Å²) in [4.78, 5) is 14.7. The number of carbonyl (C=O) groups excluding carboxylic acids is 1. The van der Waals surface area contributed by atoms with Crippen molar-refractivity contribution < 1.29 is 4.79 Å². The fourth-order valence-electron chi connectivity index (χ4n) is 5.25. The monoisotopic (exact) mass is 435 g/mol. The Morgan fingerprint density at radius 1 is 0.613 bits per heavy atom. The van der Waals surface area contributed by atoms with Gasteiger partial charge in [-0.25, -0.2) is 0 Å². The predicted octanol–water partition coefficient (Wildman–Crippen LogP) is 9.60. The van der Waals surface area contributed by atoms with Gasteiger partial charge in [0, 0.05) is 19.0 Å². The van der Waals surface area contributed by atoms with Gasteiger partial charge in [0.1, 0.15) is 0 Å². The van der Waals surface area contributed by atoms with Crippen LogP contribution < -0.4 is 0 Å². The van der Waals surface area contributed by atoms with Crippen molar-refractivity contribution in [1.82, 2.24) is 4.90 Å². The molecule has 1 fully saturated rings. The Hall–Kier alpha value is -0.530. The van der Waals surface area contributed by atoms with E-state index in [1.165, 1.54) is 135 Å². The minimum Gasteiger partial charge on any atom is -0.340 e. The van der Waals surface area contributed by atoms with E-state index in [1.54, 1.807) is 0 Å². The molecule has 0 aromatic carbocycles. The van der Waals surface area contributed by atoms with E-state index in [1.807, 2.05) is 0 Å². The van der Waals surface area contributed by atoms with Crippen LogP contribution in [0.15, 0.2) is 0 Å². The molecule has 1 atom stereocenters. The van der Waals surface area contributed by atoms with E-state index >= 15 is 0 Å². The number of hydrogen-bond acceptors (Lipinski definition) is 1. The Morgan fingerprint density at radius 3 is 1.45 bits per heavy atom. The van der Waals surface area contributed by atoms with E-state index in [-0.39, 0.29) is 0 Å². The summed E-state index contributed by atoms with van der Waals surface area (Å²) >= 11 is 0. The molecule has 2 heteroatoms. The molecule has 184 valence electrons. The largest absolute Gasteiger partial charge is 0.340 e. The lowest BCUT2D eigenvalue weighted by Gasteiger charge is -2.35. The van der Waals surface area contributed by atoms with Crippen LogP contribution in [0.2, 0.25) is 0 Å². The highest BCUT2D eigenvalue weighted by Gasteiger charge is 2.24. The van der Waals surface area contributed by atoms with Crippen LogP contribution in [0.25, 0.3) is 0 Å². The fourth-order valence-corrected chi connectivity index (χ4v) is 5.25. The molecule has 0 bridgehead atoms. The molecule has 1 amide bonds. The van der Waals surface area contributed by atoms with Crippen molar-refractivity contribution >= 4 is 5.91 Å². The third-order valence-electron chi connectivity index (χ3n) is 7.41. The number of hydrogen-bond donors (Lipinski definition) is 0. The number of amides is 1. The van der Waals surface area contributed by atoms with Crippen molar-refractivity contribution in [3.63, 3.8) is 0 Å². The Bertz CT molecular complexity index is 394. The summed E-state index contributed by atoms with van der Waals surface area (Å²) in [7, 11) is 0. The predicted molar refractivity (Wildman–Crippen MR) is 138 cm³/mol. The second-order valence-corrected chi connectivity index (χ2v) is 10.3. The minimum atomic E-state index is 0.429. The third kappa shape index (κ3) is 15.8. The third-order valence-corrected chi connectivity index (χ3v) is 7.41. The number of rotatable bonds is 21. The first-order chi connectivity index (χ1) is 15.3. The molecule has 1 aliphatic heterocycles. The number of carbonyl (C=O) groups is 1. The van der Waals surface area contributed by atoms with Gasteiger partial charge < -0.3 is 4.90 Å². The Kier molecular flexibility index (Phi) is 19.6. The summed E-state index contributed by atoms with van der Waals surface area (Å²) in [5, 5.41) is 0. The summed E-state index contributed by atoms with van der Waals surface area (Å²) < 4.78 is 0. The molecule has 0 saturated carbocycles. The van der Waals surface area contributed by atoms with E-state index in [0.717, 1.165) is 25.8 Å². The van der Waals surface area contributed by atoms with E-state index < -0.39 is 0 Å². The van der Waals surface area contributed by atoms with Crippen molar-refractivity contribution in [2.75, 3.05) is 6.54 Å². The lowest BCUT2D eigenvalue weighted by Crippen LogP contribution is -2.43. The molecular weight excluding hydrogens is 378 g/mol. The summed E-state index contributed by atoms with van der Waals surface area (Å²) in [6.45, 7) is 5.54. The standard InChI is InChI=1S/C29H57NO/c1-3-5-6-7-8-9-10-11-12-13-14-15-16-17-18-19-20-21-22-26-29(31)30-27-24-23-25-28(30)4-2/h28H,3-27H2,1-2H3.